The first kappa shape index (κ1) is 18.8. The molecule has 0 bridgehead atoms. The molecule has 0 unspecified atom stereocenters. The molecule has 0 saturated carbocycles. The van der Waals surface area contributed by atoms with Crippen LogP contribution in [0.3, 0.4) is 0 Å². The third kappa shape index (κ3) is 5.82. The summed E-state index contributed by atoms with van der Waals surface area (Å²) in [7, 11) is 0. The standard InChI is InChI=1S/C21H27NO3/c1-5-16-7-11-19(12-8-16)25-20(6-2)21(23)22-17-9-13-18(14-10-17)24-15(3)4/h7-15,20H,5-6H2,1-4H3,(H,22,23)/t20-/m1/s1. The summed E-state index contributed by atoms with van der Waals surface area (Å²) in [6.07, 6.45) is 1.17. The van der Waals surface area contributed by atoms with Gasteiger partial charge in [0.25, 0.3) is 5.91 Å². The van der Waals surface area contributed by atoms with Crippen LogP contribution < -0.4 is 14.8 Å². The summed E-state index contributed by atoms with van der Waals surface area (Å²) in [6, 6.07) is 15.2. The van der Waals surface area contributed by atoms with Gasteiger partial charge in [-0.25, -0.2) is 0 Å². The van der Waals surface area contributed by atoms with Crippen LogP contribution >= 0.6 is 0 Å². The van der Waals surface area contributed by atoms with Gasteiger partial charge in [0, 0.05) is 5.69 Å². The summed E-state index contributed by atoms with van der Waals surface area (Å²) in [5.41, 5.74) is 1.97. The Labute approximate surface area is 150 Å². The Morgan fingerprint density at radius 3 is 2.00 bits per heavy atom. The Morgan fingerprint density at radius 2 is 1.48 bits per heavy atom. The Morgan fingerprint density at radius 1 is 0.920 bits per heavy atom. The van der Waals surface area contributed by atoms with E-state index in [1.54, 1.807) is 0 Å². The van der Waals surface area contributed by atoms with Crippen molar-refractivity contribution in [3.63, 3.8) is 0 Å². The fourth-order valence-corrected chi connectivity index (χ4v) is 2.40. The summed E-state index contributed by atoms with van der Waals surface area (Å²) in [6.45, 7) is 8.00. The van der Waals surface area contributed by atoms with E-state index < -0.39 is 6.10 Å². The van der Waals surface area contributed by atoms with Crippen molar-refractivity contribution in [2.45, 2.75) is 52.7 Å². The van der Waals surface area contributed by atoms with E-state index in [4.69, 9.17) is 9.47 Å². The molecule has 25 heavy (non-hydrogen) atoms. The molecule has 1 atom stereocenters. The van der Waals surface area contributed by atoms with Crippen molar-refractivity contribution in [3.05, 3.63) is 54.1 Å². The molecule has 0 aliphatic heterocycles. The van der Waals surface area contributed by atoms with Gasteiger partial charge in [0.2, 0.25) is 0 Å². The molecule has 2 rings (SSSR count). The van der Waals surface area contributed by atoms with E-state index >= 15 is 0 Å². The highest BCUT2D eigenvalue weighted by atomic mass is 16.5. The first-order valence-corrected chi connectivity index (χ1v) is 8.85. The second kappa shape index (κ2) is 9.11. The highest BCUT2D eigenvalue weighted by Gasteiger charge is 2.18. The van der Waals surface area contributed by atoms with E-state index in [0.29, 0.717) is 12.2 Å². The zero-order chi connectivity index (χ0) is 18.2. The zero-order valence-electron chi connectivity index (χ0n) is 15.4. The van der Waals surface area contributed by atoms with Gasteiger partial charge in [0.15, 0.2) is 6.10 Å². The fraction of sp³-hybridized carbons (Fsp3) is 0.381. The number of anilines is 1. The van der Waals surface area contributed by atoms with Crippen molar-refractivity contribution in [1.82, 2.24) is 0 Å². The molecule has 0 spiro atoms. The molecule has 0 heterocycles. The third-order valence-corrected chi connectivity index (χ3v) is 3.77. The molecule has 2 aromatic carbocycles. The molecule has 4 heteroatoms. The van der Waals surface area contributed by atoms with Crippen LogP contribution in [0, 0.1) is 0 Å². The summed E-state index contributed by atoms with van der Waals surface area (Å²) in [5, 5.41) is 2.90. The number of aryl methyl sites for hydroxylation is 1. The number of ether oxygens (including phenoxy) is 2. The number of nitrogens with one attached hydrogen (secondary N) is 1. The van der Waals surface area contributed by atoms with Gasteiger partial charge in [-0.3, -0.25) is 4.79 Å². The van der Waals surface area contributed by atoms with Crippen LogP contribution in [0.25, 0.3) is 0 Å². The van der Waals surface area contributed by atoms with Crippen molar-refractivity contribution >= 4 is 11.6 Å². The molecule has 0 radical (unpaired) electrons. The lowest BCUT2D eigenvalue weighted by molar-refractivity contribution is -0.122. The van der Waals surface area contributed by atoms with E-state index in [0.717, 1.165) is 17.9 Å². The van der Waals surface area contributed by atoms with Crippen LogP contribution in [0.5, 0.6) is 11.5 Å². The van der Waals surface area contributed by atoms with Crippen molar-refractivity contribution in [2.24, 2.45) is 0 Å². The van der Waals surface area contributed by atoms with Crippen LogP contribution in [0.1, 0.15) is 39.7 Å². The lowest BCUT2D eigenvalue weighted by Crippen LogP contribution is -2.32. The topological polar surface area (TPSA) is 47.6 Å². The third-order valence-electron chi connectivity index (χ3n) is 3.77. The summed E-state index contributed by atoms with van der Waals surface area (Å²) in [4.78, 5) is 12.5. The molecule has 4 nitrogen and oxygen atoms in total. The maximum Gasteiger partial charge on any atom is 0.265 e. The normalized spacial score (nSPS) is 11.9. The Bertz CT molecular complexity index is 663. The van der Waals surface area contributed by atoms with Crippen LogP contribution in [0.15, 0.2) is 48.5 Å². The van der Waals surface area contributed by atoms with Crippen LogP contribution in [0.2, 0.25) is 0 Å². The van der Waals surface area contributed by atoms with Gasteiger partial charge < -0.3 is 14.8 Å². The first-order valence-electron chi connectivity index (χ1n) is 8.85. The minimum absolute atomic E-state index is 0.123. The average Bonchev–Trinajstić information content (AvgIpc) is 2.61. The van der Waals surface area contributed by atoms with Crippen LogP contribution in [0.4, 0.5) is 5.69 Å². The van der Waals surface area contributed by atoms with Gasteiger partial charge in [-0.2, -0.15) is 0 Å². The highest BCUT2D eigenvalue weighted by Crippen LogP contribution is 2.19. The summed E-state index contributed by atoms with van der Waals surface area (Å²) >= 11 is 0. The minimum atomic E-state index is -0.529. The SMILES string of the molecule is CCc1ccc(O[C@H](CC)C(=O)Nc2ccc(OC(C)C)cc2)cc1. The van der Waals surface area contributed by atoms with Crippen molar-refractivity contribution in [1.29, 1.82) is 0 Å². The van der Waals surface area contributed by atoms with Crippen LogP contribution in [-0.4, -0.2) is 18.1 Å². The molecular weight excluding hydrogens is 314 g/mol. The second-order valence-electron chi connectivity index (χ2n) is 6.19. The van der Waals surface area contributed by atoms with E-state index in [9.17, 15) is 4.79 Å². The maximum absolute atomic E-state index is 12.5. The van der Waals surface area contributed by atoms with Gasteiger partial charge in [-0.1, -0.05) is 26.0 Å². The number of rotatable bonds is 8. The van der Waals surface area contributed by atoms with Gasteiger partial charge in [0.1, 0.15) is 11.5 Å². The number of amides is 1. The Hall–Kier alpha value is -2.49. The molecule has 0 aliphatic carbocycles. The van der Waals surface area contributed by atoms with Gasteiger partial charge in [0.05, 0.1) is 6.10 Å². The smallest absolute Gasteiger partial charge is 0.265 e. The van der Waals surface area contributed by atoms with Gasteiger partial charge >= 0.3 is 0 Å². The van der Waals surface area contributed by atoms with E-state index in [1.807, 2.05) is 69.3 Å². The quantitative estimate of drug-likeness (QED) is 0.748. The van der Waals surface area contributed by atoms with Gasteiger partial charge in [-0.05, 0) is 68.7 Å². The first-order chi connectivity index (χ1) is 12.0. The second-order valence-corrected chi connectivity index (χ2v) is 6.19. The van der Waals surface area contributed by atoms with Crippen LogP contribution in [-0.2, 0) is 11.2 Å². The predicted octanol–water partition coefficient (Wildman–Crippen LogP) is 4.83. The number of carbonyl (C=O) groups excluding carboxylic acids is 1. The Balaban J connectivity index is 1.96. The number of hydrogen-bond acceptors (Lipinski definition) is 3. The molecule has 1 N–H and O–H groups in total. The molecule has 1 amide bonds. The molecule has 0 saturated heterocycles. The van der Waals surface area contributed by atoms with E-state index in [-0.39, 0.29) is 12.0 Å². The number of hydrogen-bond donors (Lipinski definition) is 1. The van der Waals surface area contributed by atoms with Crippen molar-refractivity contribution in [2.75, 3.05) is 5.32 Å². The highest BCUT2D eigenvalue weighted by molar-refractivity contribution is 5.94. The maximum atomic E-state index is 12.5. The molecule has 0 fully saturated rings. The van der Waals surface area contributed by atoms with Crippen molar-refractivity contribution < 1.29 is 14.3 Å². The fourth-order valence-electron chi connectivity index (χ4n) is 2.40. The molecule has 134 valence electrons. The zero-order valence-corrected chi connectivity index (χ0v) is 15.4. The largest absolute Gasteiger partial charge is 0.491 e. The van der Waals surface area contributed by atoms with E-state index in [2.05, 4.69) is 12.2 Å². The predicted molar refractivity (Wildman–Crippen MR) is 101 cm³/mol. The molecule has 0 aliphatic rings. The lowest BCUT2D eigenvalue weighted by Gasteiger charge is -2.18. The number of carbonyl (C=O) groups is 1. The minimum Gasteiger partial charge on any atom is -0.491 e. The van der Waals surface area contributed by atoms with Gasteiger partial charge in [-0.15, -0.1) is 0 Å². The lowest BCUT2D eigenvalue weighted by atomic mass is 10.1. The number of benzene rings is 2. The average molecular weight is 341 g/mol. The monoisotopic (exact) mass is 341 g/mol. The molecular formula is C21H27NO3. The summed E-state index contributed by atoms with van der Waals surface area (Å²) < 4.78 is 11.4. The summed E-state index contributed by atoms with van der Waals surface area (Å²) in [5.74, 6) is 1.34. The molecule has 0 aromatic heterocycles. The Kier molecular flexibility index (Phi) is 6.87. The molecule has 2 aromatic rings. The van der Waals surface area contributed by atoms with Crippen molar-refractivity contribution in [3.8, 4) is 11.5 Å². The van der Waals surface area contributed by atoms with E-state index in [1.165, 1.54) is 5.56 Å².